The van der Waals surface area contributed by atoms with Gasteiger partial charge in [-0.15, -0.1) is 11.3 Å². The molecule has 0 spiro atoms. The van der Waals surface area contributed by atoms with Crippen molar-refractivity contribution in [3.8, 4) is 11.1 Å². The molecule has 1 aliphatic heterocycles. The van der Waals surface area contributed by atoms with E-state index in [4.69, 9.17) is 16.6 Å². The smallest absolute Gasteiger partial charge is 0.141 e. The first kappa shape index (κ1) is 18.6. The van der Waals surface area contributed by atoms with Crippen molar-refractivity contribution in [3.63, 3.8) is 0 Å². The van der Waals surface area contributed by atoms with E-state index < -0.39 is 0 Å². The number of fused-ring (bicyclic) bond motifs is 1. The zero-order chi connectivity index (χ0) is 19.6. The lowest BCUT2D eigenvalue weighted by Crippen LogP contribution is -2.46. The van der Waals surface area contributed by atoms with Crippen LogP contribution in [0, 0.1) is 0 Å². The maximum absolute atomic E-state index is 6.08. The number of hydrogen-bond acceptors (Lipinski definition) is 5. The molecular weight excluding hydrogens is 400 g/mol. The Morgan fingerprint density at radius 3 is 2.41 bits per heavy atom. The van der Waals surface area contributed by atoms with Gasteiger partial charge in [-0.3, -0.25) is 4.90 Å². The number of halogens is 1. The van der Waals surface area contributed by atoms with Crippen LogP contribution in [0.5, 0.6) is 0 Å². The Hall–Kier alpha value is -2.47. The quantitative estimate of drug-likeness (QED) is 0.446. The van der Waals surface area contributed by atoms with Gasteiger partial charge in [0.25, 0.3) is 0 Å². The fourth-order valence-electron chi connectivity index (χ4n) is 3.90. The van der Waals surface area contributed by atoms with Crippen LogP contribution in [0.4, 0.5) is 5.82 Å². The van der Waals surface area contributed by atoms with Crippen LogP contribution in [0.2, 0.25) is 5.02 Å². The molecule has 6 heteroatoms. The number of nitrogens with zero attached hydrogens (tertiary/aromatic N) is 4. The first-order valence-corrected chi connectivity index (χ1v) is 11.0. The molecule has 1 fully saturated rings. The summed E-state index contributed by atoms with van der Waals surface area (Å²) in [6.07, 6.45) is 1.69. The summed E-state index contributed by atoms with van der Waals surface area (Å²) in [6.45, 7) is 4.99. The molecule has 0 radical (unpaired) electrons. The minimum absolute atomic E-state index is 0.749. The minimum Gasteiger partial charge on any atom is -0.353 e. The fourth-order valence-corrected chi connectivity index (χ4v) is 4.94. The zero-order valence-electron chi connectivity index (χ0n) is 16.0. The molecule has 0 atom stereocenters. The molecule has 146 valence electrons. The molecule has 0 aliphatic carbocycles. The number of aromatic nitrogens is 2. The number of hydrogen-bond donors (Lipinski definition) is 0. The summed E-state index contributed by atoms with van der Waals surface area (Å²) >= 11 is 7.75. The van der Waals surface area contributed by atoms with Crippen LogP contribution in [0.15, 0.2) is 66.3 Å². The summed E-state index contributed by atoms with van der Waals surface area (Å²) in [7, 11) is 0. The van der Waals surface area contributed by atoms with Crippen LogP contribution in [0.25, 0.3) is 21.3 Å². The first-order valence-electron chi connectivity index (χ1n) is 9.77. The molecule has 0 saturated carbocycles. The third-order valence-corrected chi connectivity index (χ3v) is 6.56. The molecule has 1 saturated heterocycles. The fraction of sp³-hybridized carbons (Fsp3) is 0.217. The predicted octanol–water partition coefficient (Wildman–Crippen LogP) is 5.33. The summed E-state index contributed by atoms with van der Waals surface area (Å²) in [6, 6.07) is 18.7. The Bertz CT molecular complexity index is 1100. The van der Waals surface area contributed by atoms with E-state index in [1.54, 1.807) is 17.7 Å². The van der Waals surface area contributed by atoms with E-state index in [-0.39, 0.29) is 0 Å². The lowest BCUT2D eigenvalue weighted by atomic mass is 10.1. The van der Waals surface area contributed by atoms with Gasteiger partial charge in [-0.1, -0.05) is 54.1 Å². The number of thiophene rings is 1. The van der Waals surface area contributed by atoms with Gasteiger partial charge in [-0.25, -0.2) is 9.97 Å². The topological polar surface area (TPSA) is 32.3 Å². The van der Waals surface area contributed by atoms with Crippen molar-refractivity contribution in [2.75, 3.05) is 31.1 Å². The normalized spacial score (nSPS) is 15.1. The van der Waals surface area contributed by atoms with Crippen LogP contribution in [-0.4, -0.2) is 41.0 Å². The molecule has 5 rings (SSSR count). The molecule has 29 heavy (non-hydrogen) atoms. The maximum atomic E-state index is 6.08. The van der Waals surface area contributed by atoms with Gasteiger partial charge in [0.05, 0.1) is 5.39 Å². The van der Waals surface area contributed by atoms with Crippen molar-refractivity contribution in [1.29, 1.82) is 0 Å². The van der Waals surface area contributed by atoms with Gasteiger partial charge >= 0.3 is 0 Å². The molecule has 2 aromatic heterocycles. The van der Waals surface area contributed by atoms with Crippen LogP contribution in [0.1, 0.15) is 5.56 Å². The SMILES string of the molecule is Clc1ccc(-c2csc3ncnc(N4CCN(Cc5ccccc5)CC4)c23)cc1. The highest BCUT2D eigenvalue weighted by molar-refractivity contribution is 7.17. The van der Waals surface area contributed by atoms with Gasteiger partial charge in [0.2, 0.25) is 0 Å². The monoisotopic (exact) mass is 420 g/mol. The van der Waals surface area contributed by atoms with Crippen molar-refractivity contribution in [3.05, 3.63) is 76.9 Å². The number of rotatable bonds is 4. The second-order valence-electron chi connectivity index (χ2n) is 7.28. The number of piperazine rings is 1. The molecule has 4 aromatic rings. The number of anilines is 1. The highest BCUT2D eigenvalue weighted by Gasteiger charge is 2.22. The van der Waals surface area contributed by atoms with Crippen LogP contribution in [-0.2, 0) is 6.54 Å². The Balaban J connectivity index is 1.39. The lowest BCUT2D eigenvalue weighted by Gasteiger charge is -2.35. The van der Waals surface area contributed by atoms with Gasteiger partial charge in [0.15, 0.2) is 0 Å². The second kappa shape index (κ2) is 8.11. The zero-order valence-corrected chi connectivity index (χ0v) is 17.5. The summed E-state index contributed by atoms with van der Waals surface area (Å²) in [5, 5.41) is 4.08. The van der Waals surface area contributed by atoms with Gasteiger partial charge in [-0.05, 0) is 23.3 Å². The molecular formula is C23H21ClN4S. The molecule has 1 aliphatic rings. The minimum atomic E-state index is 0.749. The Kier molecular flexibility index (Phi) is 5.19. The van der Waals surface area contributed by atoms with Gasteiger partial charge in [0.1, 0.15) is 17.0 Å². The molecule has 0 unspecified atom stereocenters. The third kappa shape index (κ3) is 3.86. The van der Waals surface area contributed by atoms with Crippen molar-refractivity contribution in [1.82, 2.24) is 14.9 Å². The van der Waals surface area contributed by atoms with E-state index in [1.165, 1.54) is 11.1 Å². The molecule has 2 aromatic carbocycles. The third-order valence-electron chi connectivity index (χ3n) is 5.43. The maximum Gasteiger partial charge on any atom is 0.141 e. The van der Waals surface area contributed by atoms with Crippen LogP contribution < -0.4 is 4.90 Å². The van der Waals surface area contributed by atoms with E-state index in [0.717, 1.165) is 59.3 Å². The van der Waals surface area contributed by atoms with E-state index in [9.17, 15) is 0 Å². The highest BCUT2D eigenvalue weighted by atomic mass is 35.5. The van der Waals surface area contributed by atoms with Crippen LogP contribution in [0.3, 0.4) is 0 Å². The van der Waals surface area contributed by atoms with E-state index in [2.05, 4.69) is 62.6 Å². The van der Waals surface area contributed by atoms with Crippen molar-refractivity contribution < 1.29 is 0 Å². The van der Waals surface area contributed by atoms with E-state index in [1.807, 2.05) is 12.1 Å². The summed E-state index contributed by atoms with van der Waals surface area (Å²) in [4.78, 5) is 15.2. The molecule has 3 heterocycles. The molecule has 0 amide bonds. The van der Waals surface area contributed by atoms with E-state index >= 15 is 0 Å². The summed E-state index contributed by atoms with van der Waals surface area (Å²) in [5.74, 6) is 1.04. The van der Waals surface area contributed by atoms with Crippen molar-refractivity contribution in [2.24, 2.45) is 0 Å². The van der Waals surface area contributed by atoms with Crippen LogP contribution >= 0.6 is 22.9 Å². The average molecular weight is 421 g/mol. The predicted molar refractivity (Wildman–Crippen MR) is 122 cm³/mol. The summed E-state index contributed by atoms with van der Waals surface area (Å²) in [5.41, 5.74) is 3.71. The van der Waals surface area contributed by atoms with Crippen molar-refractivity contribution >= 4 is 39.0 Å². The Morgan fingerprint density at radius 1 is 0.897 bits per heavy atom. The van der Waals surface area contributed by atoms with Gasteiger partial charge in [-0.2, -0.15) is 0 Å². The Morgan fingerprint density at radius 2 is 1.66 bits per heavy atom. The first-order chi connectivity index (χ1) is 14.3. The van der Waals surface area contributed by atoms with Crippen molar-refractivity contribution in [2.45, 2.75) is 6.54 Å². The average Bonchev–Trinajstić information content (AvgIpc) is 3.20. The molecule has 4 nitrogen and oxygen atoms in total. The highest BCUT2D eigenvalue weighted by Crippen LogP contribution is 2.38. The number of benzene rings is 2. The largest absolute Gasteiger partial charge is 0.353 e. The van der Waals surface area contributed by atoms with Gasteiger partial charge < -0.3 is 4.90 Å². The second-order valence-corrected chi connectivity index (χ2v) is 8.58. The molecule has 0 bridgehead atoms. The lowest BCUT2D eigenvalue weighted by molar-refractivity contribution is 0.249. The molecule has 0 N–H and O–H groups in total. The van der Waals surface area contributed by atoms with E-state index in [0.29, 0.717) is 0 Å². The standard InChI is InChI=1S/C23H21ClN4S/c24-19-8-6-18(7-9-19)20-15-29-23-21(20)22(25-16-26-23)28-12-10-27(11-13-28)14-17-4-2-1-3-5-17/h1-9,15-16H,10-14H2. The Labute approximate surface area is 179 Å². The van der Waals surface area contributed by atoms with Gasteiger partial charge in [0, 0.05) is 48.7 Å². The summed E-state index contributed by atoms with van der Waals surface area (Å²) < 4.78 is 0.